The predicted octanol–water partition coefficient (Wildman–Crippen LogP) is 3.01. The molecule has 0 fully saturated rings. The Hall–Kier alpha value is -1.58. The number of rotatable bonds is 5. The van der Waals surface area contributed by atoms with Crippen molar-refractivity contribution in [2.75, 3.05) is 6.61 Å². The van der Waals surface area contributed by atoms with Crippen molar-refractivity contribution in [3.8, 4) is 5.75 Å². The normalized spacial score (nSPS) is 10.2. The average molecular weight is 226 g/mol. The van der Waals surface area contributed by atoms with Crippen LogP contribution in [0.15, 0.2) is 12.1 Å². The smallest absolute Gasteiger partial charge is 0.339 e. The van der Waals surface area contributed by atoms with Crippen LogP contribution in [0.1, 0.15) is 35.7 Å². The minimum absolute atomic E-state index is 0.126. The standard InChI is InChI=1S/C12H15FO3/c1-3-4-5-16-11-6-8(2)10(13)7-9(11)12(14)15/h6-7H,3-5H2,1-2H3,(H,14,15). The highest BCUT2D eigenvalue weighted by molar-refractivity contribution is 5.91. The molecule has 0 bridgehead atoms. The van der Waals surface area contributed by atoms with Crippen LogP contribution in [-0.4, -0.2) is 17.7 Å². The van der Waals surface area contributed by atoms with Crippen molar-refractivity contribution in [3.05, 3.63) is 29.1 Å². The maximum atomic E-state index is 13.2. The number of aryl methyl sites for hydroxylation is 1. The lowest BCUT2D eigenvalue weighted by atomic mass is 10.1. The topological polar surface area (TPSA) is 46.5 Å². The lowest BCUT2D eigenvalue weighted by Crippen LogP contribution is -2.05. The van der Waals surface area contributed by atoms with Crippen molar-refractivity contribution < 1.29 is 19.0 Å². The summed E-state index contributed by atoms with van der Waals surface area (Å²) in [6.07, 6.45) is 1.80. The fourth-order valence-electron chi connectivity index (χ4n) is 1.27. The Labute approximate surface area is 93.9 Å². The molecule has 0 heterocycles. The number of carboxylic acids is 1. The van der Waals surface area contributed by atoms with Crippen LogP contribution in [0.4, 0.5) is 4.39 Å². The second-order valence-electron chi connectivity index (χ2n) is 3.60. The molecule has 3 nitrogen and oxygen atoms in total. The van der Waals surface area contributed by atoms with Gasteiger partial charge in [0.1, 0.15) is 17.1 Å². The molecule has 0 radical (unpaired) electrons. The molecule has 0 aliphatic rings. The van der Waals surface area contributed by atoms with Crippen LogP contribution >= 0.6 is 0 Å². The second kappa shape index (κ2) is 5.49. The van der Waals surface area contributed by atoms with Crippen LogP contribution in [0.3, 0.4) is 0 Å². The van der Waals surface area contributed by atoms with E-state index in [-0.39, 0.29) is 11.3 Å². The molecule has 1 rings (SSSR count). The fraction of sp³-hybridized carbons (Fsp3) is 0.417. The van der Waals surface area contributed by atoms with Gasteiger partial charge in [0.15, 0.2) is 0 Å². The first-order valence-electron chi connectivity index (χ1n) is 5.22. The minimum Gasteiger partial charge on any atom is -0.493 e. The molecule has 0 saturated heterocycles. The van der Waals surface area contributed by atoms with Crippen LogP contribution in [0.5, 0.6) is 5.75 Å². The van der Waals surface area contributed by atoms with Gasteiger partial charge < -0.3 is 9.84 Å². The van der Waals surface area contributed by atoms with Crippen molar-refractivity contribution >= 4 is 5.97 Å². The summed E-state index contributed by atoms with van der Waals surface area (Å²) in [6.45, 7) is 4.03. The summed E-state index contributed by atoms with van der Waals surface area (Å²) >= 11 is 0. The summed E-state index contributed by atoms with van der Waals surface area (Å²) in [5.74, 6) is -1.47. The van der Waals surface area contributed by atoms with E-state index in [0.717, 1.165) is 18.9 Å². The zero-order valence-electron chi connectivity index (χ0n) is 9.42. The van der Waals surface area contributed by atoms with Crippen LogP contribution < -0.4 is 4.74 Å². The van der Waals surface area contributed by atoms with Gasteiger partial charge in [-0.3, -0.25) is 0 Å². The van der Waals surface area contributed by atoms with E-state index in [1.165, 1.54) is 6.07 Å². The Balaban J connectivity index is 2.95. The van der Waals surface area contributed by atoms with E-state index >= 15 is 0 Å². The Kier molecular flexibility index (Phi) is 4.28. The average Bonchev–Trinajstić information content (AvgIpc) is 2.23. The number of carboxylic acid groups (broad SMARTS) is 1. The Morgan fingerprint density at radius 1 is 1.50 bits per heavy atom. The van der Waals surface area contributed by atoms with Crippen molar-refractivity contribution in [2.24, 2.45) is 0 Å². The van der Waals surface area contributed by atoms with E-state index in [0.29, 0.717) is 12.2 Å². The highest BCUT2D eigenvalue weighted by atomic mass is 19.1. The molecule has 0 amide bonds. The van der Waals surface area contributed by atoms with Crippen LogP contribution in [0, 0.1) is 12.7 Å². The predicted molar refractivity (Wildman–Crippen MR) is 58.5 cm³/mol. The molecule has 1 N–H and O–H groups in total. The van der Waals surface area contributed by atoms with Crippen LogP contribution in [0.2, 0.25) is 0 Å². The molecule has 0 aromatic heterocycles. The molecule has 16 heavy (non-hydrogen) atoms. The van der Waals surface area contributed by atoms with Crippen molar-refractivity contribution in [2.45, 2.75) is 26.7 Å². The summed E-state index contributed by atoms with van der Waals surface area (Å²) in [4.78, 5) is 10.9. The third kappa shape index (κ3) is 2.95. The lowest BCUT2D eigenvalue weighted by molar-refractivity contribution is 0.0691. The molecular formula is C12H15FO3. The number of hydrogen-bond acceptors (Lipinski definition) is 2. The fourth-order valence-corrected chi connectivity index (χ4v) is 1.27. The van der Waals surface area contributed by atoms with Crippen LogP contribution in [0.25, 0.3) is 0 Å². The second-order valence-corrected chi connectivity index (χ2v) is 3.60. The van der Waals surface area contributed by atoms with E-state index in [9.17, 15) is 9.18 Å². The van der Waals surface area contributed by atoms with Crippen molar-refractivity contribution in [1.29, 1.82) is 0 Å². The molecule has 0 aliphatic heterocycles. The van der Waals surface area contributed by atoms with E-state index < -0.39 is 11.8 Å². The highest BCUT2D eigenvalue weighted by Gasteiger charge is 2.14. The molecular weight excluding hydrogens is 211 g/mol. The molecule has 4 heteroatoms. The van der Waals surface area contributed by atoms with Gasteiger partial charge in [0.2, 0.25) is 0 Å². The van der Waals surface area contributed by atoms with E-state index in [1.807, 2.05) is 6.92 Å². The van der Waals surface area contributed by atoms with Gasteiger partial charge in [0.05, 0.1) is 6.61 Å². The quantitative estimate of drug-likeness (QED) is 0.785. The van der Waals surface area contributed by atoms with E-state index in [1.54, 1.807) is 6.92 Å². The summed E-state index contributed by atoms with van der Waals surface area (Å²) in [6, 6.07) is 2.42. The lowest BCUT2D eigenvalue weighted by Gasteiger charge is -2.10. The monoisotopic (exact) mass is 226 g/mol. The van der Waals surface area contributed by atoms with E-state index in [2.05, 4.69) is 0 Å². The molecule has 0 spiro atoms. The zero-order valence-corrected chi connectivity index (χ0v) is 9.42. The van der Waals surface area contributed by atoms with Gasteiger partial charge in [-0.2, -0.15) is 0 Å². The number of benzene rings is 1. The third-order valence-corrected chi connectivity index (χ3v) is 2.25. The third-order valence-electron chi connectivity index (χ3n) is 2.25. The SMILES string of the molecule is CCCCOc1cc(C)c(F)cc1C(=O)O. The van der Waals surface area contributed by atoms with Gasteiger partial charge in [-0.25, -0.2) is 9.18 Å². The first kappa shape index (κ1) is 12.5. The molecule has 1 aromatic carbocycles. The number of hydrogen-bond donors (Lipinski definition) is 1. The zero-order chi connectivity index (χ0) is 12.1. The number of ether oxygens (including phenoxy) is 1. The molecule has 88 valence electrons. The summed E-state index contributed by atoms with van der Waals surface area (Å²) in [7, 11) is 0. The van der Waals surface area contributed by atoms with Gasteiger partial charge in [0.25, 0.3) is 0 Å². The van der Waals surface area contributed by atoms with Crippen molar-refractivity contribution in [3.63, 3.8) is 0 Å². The molecule has 0 aliphatic carbocycles. The number of halogens is 1. The van der Waals surface area contributed by atoms with E-state index in [4.69, 9.17) is 9.84 Å². The highest BCUT2D eigenvalue weighted by Crippen LogP contribution is 2.23. The Morgan fingerprint density at radius 2 is 2.19 bits per heavy atom. The maximum Gasteiger partial charge on any atom is 0.339 e. The molecule has 0 saturated carbocycles. The minimum atomic E-state index is -1.18. The van der Waals surface area contributed by atoms with Gasteiger partial charge in [-0.1, -0.05) is 13.3 Å². The van der Waals surface area contributed by atoms with Gasteiger partial charge in [0, 0.05) is 0 Å². The maximum absolute atomic E-state index is 13.2. The Bertz CT molecular complexity index is 388. The largest absolute Gasteiger partial charge is 0.493 e. The summed E-state index contributed by atoms with van der Waals surface area (Å²) in [5, 5.41) is 8.89. The number of carbonyl (C=O) groups is 1. The first-order chi connectivity index (χ1) is 7.56. The first-order valence-corrected chi connectivity index (χ1v) is 5.22. The number of aromatic carboxylic acids is 1. The molecule has 1 aromatic rings. The van der Waals surface area contributed by atoms with Crippen LogP contribution in [-0.2, 0) is 0 Å². The summed E-state index contributed by atoms with van der Waals surface area (Å²) < 4.78 is 18.5. The van der Waals surface area contributed by atoms with Gasteiger partial charge >= 0.3 is 5.97 Å². The van der Waals surface area contributed by atoms with Gasteiger partial charge in [-0.05, 0) is 31.0 Å². The Morgan fingerprint density at radius 3 is 2.75 bits per heavy atom. The molecule has 0 unspecified atom stereocenters. The van der Waals surface area contributed by atoms with Crippen molar-refractivity contribution in [1.82, 2.24) is 0 Å². The van der Waals surface area contributed by atoms with Gasteiger partial charge in [-0.15, -0.1) is 0 Å². The summed E-state index contributed by atoms with van der Waals surface area (Å²) in [5.41, 5.74) is 0.260. The number of unbranched alkanes of at least 4 members (excludes halogenated alkanes) is 1. The molecule has 0 atom stereocenters.